The number of carboxylic acid groups (broad SMARTS) is 1. The molecule has 10 nitrogen and oxygen atoms in total. The second kappa shape index (κ2) is 10.2. The third kappa shape index (κ3) is 4.75. The Hall–Kier alpha value is -3.96. The minimum atomic E-state index is -0.808. The summed E-state index contributed by atoms with van der Waals surface area (Å²) in [5.41, 5.74) is 9.61. The van der Waals surface area contributed by atoms with Crippen molar-refractivity contribution in [3.05, 3.63) is 54.7 Å². The average Bonchev–Trinajstić information content (AvgIpc) is 3.56. The zero-order valence-electron chi connectivity index (χ0n) is 20.5. The molecule has 4 heterocycles. The van der Waals surface area contributed by atoms with Crippen LogP contribution in [0.15, 0.2) is 48.9 Å². The van der Waals surface area contributed by atoms with Crippen molar-refractivity contribution in [1.82, 2.24) is 24.8 Å². The second-order valence-electron chi connectivity index (χ2n) is 8.91. The van der Waals surface area contributed by atoms with Gasteiger partial charge < -0.3 is 10.8 Å². The number of carbonyl (C=O) groups excluding carboxylic acids is 1. The van der Waals surface area contributed by atoms with E-state index in [2.05, 4.69) is 15.0 Å². The molecule has 0 bridgehead atoms. The lowest BCUT2D eigenvalue weighted by Gasteiger charge is -2.27. The lowest BCUT2D eigenvalue weighted by atomic mass is 10.0. The van der Waals surface area contributed by atoms with Gasteiger partial charge in [0.15, 0.2) is 5.13 Å². The van der Waals surface area contributed by atoms with E-state index in [1.165, 1.54) is 16.2 Å². The highest BCUT2D eigenvalue weighted by molar-refractivity contribution is 7.23. The number of fused-ring (bicyclic) bond motifs is 1. The summed E-state index contributed by atoms with van der Waals surface area (Å²) >= 11 is 1.40. The lowest BCUT2D eigenvalue weighted by Crippen LogP contribution is -2.38. The van der Waals surface area contributed by atoms with Gasteiger partial charge in [-0.25, -0.2) is 19.7 Å². The first-order valence-corrected chi connectivity index (χ1v) is 12.9. The van der Waals surface area contributed by atoms with Crippen molar-refractivity contribution >= 4 is 38.7 Å². The summed E-state index contributed by atoms with van der Waals surface area (Å²) in [6.45, 7) is 4.91. The van der Waals surface area contributed by atoms with Gasteiger partial charge >= 0.3 is 12.0 Å². The summed E-state index contributed by atoms with van der Waals surface area (Å²) in [5.74, 6) is -0.226. The molecule has 0 saturated carbocycles. The first-order valence-electron chi connectivity index (χ1n) is 12.1. The average molecular weight is 518 g/mol. The smallest absolute Gasteiger partial charge is 0.321 e. The highest BCUT2D eigenvalue weighted by Crippen LogP contribution is 2.39. The molecule has 3 aromatic heterocycles. The van der Waals surface area contributed by atoms with Gasteiger partial charge in [0.1, 0.15) is 11.9 Å². The number of urea groups is 1. The number of benzene rings is 1. The molecule has 0 unspecified atom stereocenters. The van der Waals surface area contributed by atoms with Crippen molar-refractivity contribution in [3.8, 4) is 22.4 Å². The predicted octanol–water partition coefficient (Wildman–Crippen LogP) is 4.33. The van der Waals surface area contributed by atoms with Crippen LogP contribution in [0.1, 0.15) is 38.6 Å². The number of primary amides is 1. The maximum Gasteiger partial charge on any atom is 0.321 e. The van der Waals surface area contributed by atoms with Gasteiger partial charge in [-0.05, 0) is 63.1 Å². The Bertz CT molecular complexity index is 1440. The third-order valence-corrected chi connectivity index (χ3v) is 7.82. The van der Waals surface area contributed by atoms with Crippen LogP contribution < -0.4 is 10.6 Å². The van der Waals surface area contributed by atoms with Crippen LogP contribution in [0, 0.1) is 0 Å². The summed E-state index contributed by atoms with van der Waals surface area (Å²) in [6, 6.07) is 8.41. The third-order valence-electron chi connectivity index (χ3n) is 6.69. The molecule has 2 amide bonds. The van der Waals surface area contributed by atoms with Crippen LogP contribution in [0.2, 0.25) is 0 Å². The topological polar surface area (TPSA) is 138 Å². The zero-order chi connectivity index (χ0) is 26.1. The van der Waals surface area contributed by atoms with Crippen molar-refractivity contribution in [2.24, 2.45) is 5.73 Å². The number of hydrogen-bond donors (Lipinski definition) is 2. The van der Waals surface area contributed by atoms with E-state index in [-0.39, 0.29) is 6.04 Å². The van der Waals surface area contributed by atoms with Gasteiger partial charge in [0.2, 0.25) is 0 Å². The van der Waals surface area contributed by atoms with Crippen LogP contribution in [0.3, 0.4) is 0 Å². The standard InChI is InChI=1S/C26H27N7O3S/c1-3-32(25(27)36)26-31-20-12-16(11-18(22(20)37-26)19-7-4-5-9-28-19)17-13-29-23(30-14-17)15(2)33-10-6-8-21(33)24(34)35/h4-5,7,9,11-15,21H,3,6,8,10H2,1-2H3,(H2,27,36)(H,34,35)/t15-,21+/m1/s1. The largest absolute Gasteiger partial charge is 0.480 e. The number of aliphatic carboxylic acids is 1. The molecular formula is C26H27N7O3S. The Kier molecular flexibility index (Phi) is 6.81. The number of pyridine rings is 1. The molecule has 2 atom stereocenters. The van der Waals surface area contributed by atoms with Crippen molar-refractivity contribution < 1.29 is 14.7 Å². The Morgan fingerprint density at radius 1 is 1.22 bits per heavy atom. The number of rotatable bonds is 7. The summed E-state index contributed by atoms with van der Waals surface area (Å²) in [5, 5.41) is 10.1. The number of nitrogens with zero attached hydrogens (tertiary/aromatic N) is 6. The highest BCUT2D eigenvalue weighted by atomic mass is 32.1. The second-order valence-corrected chi connectivity index (χ2v) is 9.88. The van der Waals surface area contributed by atoms with Gasteiger partial charge in [0.05, 0.1) is 22.0 Å². The summed E-state index contributed by atoms with van der Waals surface area (Å²) in [7, 11) is 0. The minimum absolute atomic E-state index is 0.209. The molecule has 1 aliphatic rings. The molecule has 4 aromatic rings. The number of carbonyl (C=O) groups is 2. The zero-order valence-corrected chi connectivity index (χ0v) is 21.4. The number of amides is 2. The number of likely N-dealkylation sites (tertiary alicyclic amines) is 1. The first kappa shape index (κ1) is 24.7. The van der Waals surface area contributed by atoms with Crippen LogP contribution in [0.25, 0.3) is 32.6 Å². The summed E-state index contributed by atoms with van der Waals surface area (Å²) < 4.78 is 0.900. The molecule has 1 fully saturated rings. The number of aromatic nitrogens is 4. The monoisotopic (exact) mass is 517 g/mol. The number of nitrogens with two attached hydrogens (primary N) is 1. The van der Waals surface area contributed by atoms with Crippen molar-refractivity contribution in [3.63, 3.8) is 0 Å². The number of anilines is 1. The Morgan fingerprint density at radius 3 is 2.65 bits per heavy atom. The molecule has 5 rings (SSSR count). The fraction of sp³-hybridized carbons (Fsp3) is 0.308. The molecule has 1 aliphatic heterocycles. The molecule has 0 radical (unpaired) electrons. The summed E-state index contributed by atoms with van der Waals surface area (Å²) in [4.78, 5) is 45.4. The van der Waals surface area contributed by atoms with Crippen LogP contribution in [-0.4, -0.2) is 61.1 Å². The van der Waals surface area contributed by atoms with Crippen molar-refractivity contribution in [2.75, 3.05) is 18.0 Å². The summed E-state index contributed by atoms with van der Waals surface area (Å²) in [6.07, 6.45) is 6.72. The van der Waals surface area contributed by atoms with Crippen LogP contribution in [0.4, 0.5) is 9.93 Å². The minimum Gasteiger partial charge on any atom is -0.480 e. The predicted molar refractivity (Wildman–Crippen MR) is 142 cm³/mol. The maximum absolute atomic E-state index is 11.9. The van der Waals surface area contributed by atoms with Gasteiger partial charge in [0.25, 0.3) is 0 Å². The van der Waals surface area contributed by atoms with Gasteiger partial charge in [-0.2, -0.15) is 0 Å². The van der Waals surface area contributed by atoms with E-state index in [1.54, 1.807) is 18.6 Å². The van der Waals surface area contributed by atoms with Gasteiger partial charge in [-0.1, -0.05) is 17.4 Å². The molecule has 1 aromatic carbocycles. The Balaban J connectivity index is 1.54. The Labute approximate surface area is 217 Å². The number of carboxylic acids is 1. The SMILES string of the molecule is CCN(C(N)=O)c1nc2cc(-c3cnc([C@@H](C)N4CCC[C@H]4C(=O)O)nc3)cc(-c3ccccn3)c2s1. The molecule has 37 heavy (non-hydrogen) atoms. The van der Waals surface area contributed by atoms with E-state index in [0.29, 0.717) is 30.5 Å². The van der Waals surface area contributed by atoms with Crippen molar-refractivity contribution in [1.29, 1.82) is 0 Å². The number of thiazole rings is 1. The van der Waals surface area contributed by atoms with Gasteiger partial charge in [-0.15, -0.1) is 0 Å². The van der Waals surface area contributed by atoms with Crippen LogP contribution >= 0.6 is 11.3 Å². The molecule has 190 valence electrons. The van der Waals surface area contributed by atoms with Crippen LogP contribution in [0.5, 0.6) is 0 Å². The van der Waals surface area contributed by atoms with E-state index in [9.17, 15) is 14.7 Å². The van der Waals surface area contributed by atoms with E-state index >= 15 is 0 Å². The Morgan fingerprint density at radius 2 is 2.00 bits per heavy atom. The van der Waals surface area contributed by atoms with Gasteiger partial charge in [-0.3, -0.25) is 19.6 Å². The molecule has 0 aliphatic carbocycles. The number of hydrogen-bond acceptors (Lipinski definition) is 8. The molecule has 0 spiro atoms. The maximum atomic E-state index is 11.9. The quantitative estimate of drug-likeness (QED) is 0.369. The first-order chi connectivity index (χ1) is 17.9. The van der Waals surface area contributed by atoms with E-state index in [1.807, 2.05) is 49.1 Å². The van der Waals surface area contributed by atoms with E-state index < -0.39 is 18.0 Å². The fourth-order valence-corrected chi connectivity index (χ4v) is 5.91. The lowest BCUT2D eigenvalue weighted by molar-refractivity contribution is -0.142. The normalized spacial score (nSPS) is 16.6. The molecule has 1 saturated heterocycles. The van der Waals surface area contributed by atoms with E-state index in [4.69, 9.17) is 10.7 Å². The molecular weight excluding hydrogens is 490 g/mol. The van der Waals surface area contributed by atoms with E-state index in [0.717, 1.165) is 39.0 Å². The van der Waals surface area contributed by atoms with Crippen LogP contribution in [-0.2, 0) is 4.79 Å². The van der Waals surface area contributed by atoms with Crippen molar-refractivity contribution in [2.45, 2.75) is 38.8 Å². The molecule has 3 N–H and O–H groups in total. The molecule has 11 heteroatoms. The fourth-order valence-electron chi connectivity index (χ4n) is 4.77. The highest BCUT2D eigenvalue weighted by Gasteiger charge is 2.35. The van der Waals surface area contributed by atoms with Gasteiger partial charge in [0, 0.05) is 36.3 Å².